The zero-order chi connectivity index (χ0) is 20.8. The highest BCUT2D eigenvalue weighted by atomic mass is 16.2. The first kappa shape index (κ1) is 20.2. The van der Waals surface area contributed by atoms with E-state index < -0.39 is 0 Å². The summed E-state index contributed by atoms with van der Waals surface area (Å²) in [5.74, 6) is 0.133. The quantitative estimate of drug-likeness (QED) is 0.592. The largest absolute Gasteiger partial charge is 0.369 e. The maximum absolute atomic E-state index is 13.2. The van der Waals surface area contributed by atoms with E-state index in [1.54, 1.807) is 0 Å². The molecule has 30 heavy (non-hydrogen) atoms. The molecule has 3 aromatic rings. The fourth-order valence-corrected chi connectivity index (χ4v) is 4.09. The topological polar surface area (TPSA) is 26.8 Å². The van der Waals surface area contributed by atoms with E-state index in [1.165, 1.54) is 11.3 Å². The first-order valence-electron chi connectivity index (χ1n) is 10.7. The van der Waals surface area contributed by atoms with Crippen LogP contribution in [0.25, 0.3) is 0 Å². The number of carbonyl (C=O) groups is 1. The Morgan fingerprint density at radius 1 is 0.767 bits per heavy atom. The minimum Gasteiger partial charge on any atom is -0.369 e. The predicted octanol–water partition coefficient (Wildman–Crippen LogP) is 4.87. The molecule has 1 aliphatic rings. The van der Waals surface area contributed by atoms with Crippen molar-refractivity contribution in [3.63, 3.8) is 0 Å². The third-order valence-corrected chi connectivity index (χ3v) is 5.75. The van der Waals surface area contributed by atoms with Crippen LogP contribution in [-0.4, -0.2) is 43.5 Å². The Bertz CT molecular complexity index is 911. The molecule has 0 aromatic heterocycles. The average Bonchev–Trinajstić information content (AvgIpc) is 2.80. The van der Waals surface area contributed by atoms with Crippen LogP contribution in [-0.2, 0) is 4.79 Å². The SMILES string of the molecule is Cc1ccccc1N1CCN(CCC(=O)N(c2ccccc2)c2ccccc2)CC1. The van der Waals surface area contributed by atoms with Gasteiger partial charge >= 0.3 is 0 Å². The second kappa shape index (κ2) is 9.59. The predicted molar refractivity (Wildman–Crippen MR) is 124 cm³/mol. The molecule has 0 atom stereocenters. The summed E-state index contributed by atoms with van der Waals surface area (Å²) in [5.41, 5.74) is 4.48. The molecule has 4 heteroatoms. The van der Waals surface area contributed by atoms with E-state index in [0.717, 1.165) is 44.1 Å². The Hall–Kier alpha value is -3.11. The summed E-state index contributed by atoms with van der Waals surface area (Å²) in [6.45, 7) is 6.93. The highest BCUT2D eigenvalue weighted by molar-refractivity contribution is 6.00. The number of carbonyl (C=O) groups excluding carboxylic acids is 1. The van der Waals surface area contributed by atoms with Gasteiger partial charge in [-0.1, -0.05) is 54.6 Å². The molecule has 1 saturated heterocycles. The van der Waals surface area contributed by atoms with E-state index in [4.69, 9.17) is 0 Å². The van der Waals surface area contributed by atoms with Crippen LogP contribution in [0.4, 0.5) is 17.1 Å². The molecule has 0 N–H and O–H groups in total. The van der Waals surface area contributed by atoms with Crippen LogP contribution < -0.4 is 9.80 Å². The van der Waals surface area contributed by atoms with E-state index in [1.807, 2.05) is 65.6 Å². The van der Waals surface area contributed by atoms with Crippen molar-refractivity contribution in [1.82, 2.24) is 4.90 Å². The molecule has 1 amide bonds. The minimum atomic E-state index is 0.133. The van der Waals surface area contributed by atoms with Gasteiger partial charge in [0.25, 0.3) is 0 Å². The smallest absolute Gasteiger partial charge is 0.232 e. The molecule has 0 aliphatic carbocycles. The molecule has 0 saturated carbocycles. The van der Waals surface area contributed by atoms with Crippen molar-refractivity contribution in [2.75, 3.05) is 42.5 Å². The molecule has 4 rings (SSSR count). The lowest BCUT2D eigenvalue weighted by atomic mass is 10.1. The van der Waals surface area contributed by atoms with Crippen LogP contribution in [0, 0.1) is 6.92 Å². The van der Waals surface area contributed by atoms with Gasteiger partial charge in [0, 0.05) is 56.2 Å². The molecule has 4 nitrogen and oxygen atoms in total. The first-order valence-corrected chi connectivity index (χ1v) is 10.7. The zero-order valence-corrected chi connectivity index (χ0v) is 17.6. The third-order valence-electron chi connectivity index (χ3n) is 5.75. The molecule has 0 bridgehead atoms. The number of amides is 1. The van der Waals surface area contributed by atoms with Crippen LogP contribution >= 0.6 is 0 Å². The lowest BCUT2D eigenvalue weighted by molar-refractivity contribution is -0.118. The highest BCUT2D eigenvalue weighted by Gasteiger charge is 2.21. The van der Waals surface area contributed by atoms with Gasteiger partial charge in [-0.2, -0.15) is 0 Å². The highest BCUT2D eigenvalue weighted by Crippen LogP contribution is 2.26. The van der Waals surface area contributed by atoms with Crippen LogP contribution in [0.2, 0.25) is 0 Å². The number of aryl methyl sites for hydroxylation is 1. The molecular weight excluding hydrogens is 370 g/mol. The Morgan fingerprint density at radius 3 is 1.87 bits per heavy atom. The average molecular weight is 400 g/mol. The number of hydrogen-bond acceptors (Lipinski definition) is 3. The van der Waals surface area contributed by atoms with Gasteiger partial charge in [0.2, 0.25) is 5.91 Å². The van der Waals surface area contributed by atoms with Gasteiger partial charge in [0.1, 0.15) is 0 Å². The van der Waals surface area contributed by atoms with Crippen LogP contribution in [0.3, 0.4) is 0 Å². The van der Waals surface area contributed by atoms with Gasteiger partial charge in [-0.15, -0.1) is 0 Å². The molecule has 1 fully saturated rings. The Labute approximate surface area is 179 Å². The van der Waals surface area contributed by atoms with Crippen molar-refractivity contribution < 1.29 is 4.79 Å². The molecular formula is C26H29N3O. The van der Waals surface area contributed by atoms with E-state index >= 15 is 0 Å². The van der Waals surface area contributed by atoms with Crippen molar-refractivity contribution in [1.29, 1.82) is 0 Å². The monoisotopic (exact) mass is 399 g/mol. The number of rotatable bonds is 6. The summed E-state index contributed by atoms with van der Waals surface area (Å²) in [7, 11) is 0. The van der Waals surface area contributed by atoms with Crippen molar-refractivity contribution in [2.45, 2.75) is 13.3 Å². The summed E-state index contributed by atoms with van der Waals surface area (Å²) in [6, 6.07) is 28.4. The van der Waals surface area contributed by atoms with E-state index in [9.17, 15) is 4.79 Å². The fraction of sp³-hybridized carbons (Fsp3) is 0.269. The van der Waals surface area contributed by atoms with Gasteiger partial charge < -0.3 is 4.90 Å². The lowest BCUT2D eigenvalue weighted by Crippen LogP contribution is -2.47. The fourth-order valence-electron chi connectivity index (χ4n) is 4.09. The summed E-state index contributed by atoms with van der Waals surface area (Å²) in [4.78, 5) is 19.9. The molecule has 0 unspecified atom stereocenters. The molecule has 0 spiro atoms. The Morgan fingerprint density at radius 2 is 1.30 bits per heavy atom. The van der Waals surface area contributed by atoms with Crippen molar-refractivity contribution in [2.24, 2.45) is 0 Å². The lowest BCUT2D eigenvalue weighted by Gasteiger charge is -2.37. The van der Waals surface area contributed by atoms with Crippen LogP contribution in [0.1, 0.15) is 12.0 Å². The standard InChI is InChI=1S/C26H29N3O/c1-22-10-8-9-15-25(22)28-20-18-27(19-21-28)17-16-26(30)29(23-11-4-2-5-12-23)24-13-6-3-7-14-24/h2-15H,16-21H2,1H3. The van der Waals surface area contributed by atoms with Crippen LogP contribution in [0.15, 0.2) is 84.9 Å². The number of hydrogen-bond donors (Lipinski definition) is 0. The van der Waals surface area contributed by atoms with E-state index in [0.29, 0.717) is 6.42 Å². The molecule has 3 aromatic carbocycles. The number of nitrogens with zero attached hydrogens (tertiary/aromatic N) is 3. The van der Waals surface area contributed by atoms with Gasteiger partial charge in [-0.25, -0.2) is 0 Å². The number of anilines is 3. The van der Waals surface area contributed by atoms with Gasteiger partial charge in [0.15, 0.2) is 0 Å². The number of para-hydroxylation sites is 3. The van der Waals surface area contributed by atoms with Crippen molar-refractivity contribution in [3.05, 3.63) is 90.5 Å². The first-order chi connectivity index (χ1) is 14.7. The van der Waals surface area contributed by atoms with Gasteiger partial charge in [0.05, 0.1) is 0 Å². The second-order valence-electron chi connectivity index (χ2n) is 7.77. The number of piperazine rings is 1. The molecule has 1 heterocycles. The number of benzene rings is 3. The summed E-state index contributed by atoms with van der Waals surface area (Å²) in [5, 5.41) is 0. The minimum absolute atomic E-state index is 0.133. The van der Waals surface area contributed by atoms with Gasteiger partial charge in [-0.3, -0.25) is 14.6 Å². The van der Waals surface area contributed by atoms with Crippen LogP contribution in [0.5, 0.6) is 0 Å². The molecule has 1 aliphatic heterocycles. The maximum Gasteiger partial charge on any atom is 0.232 e. The zero-order valence-electron chi connectivity index (χ0n) is 17.6. The molecule has 0 radical (unpaired) electrons. The Kier molecular flexibility index (Phi) is 6.45. The second-order valence-corrected chi connectivity index (χ2v) is 7.77. The van der Waals surface area contributed by atoms with E-state index in [2.05, 4.69) is 41.0 Å². The Balaban J connectivity index is 1.37. The molecule has 154 valence electrons. The summed E-state index contributed by atoms with van der Waals surface area (Å²) < 4.78 is 0. The summed E-state index contributed by atoms with van der Waals surface area (Å²) in [6.07, 6.45) is 0.508. The van der Waals surface area contributed by atoms with E-state index in [-0.39, 0.29) is 5.91 Å². The van der Waals surface area contributed by atoms with Crippen molar-refractivity contribution >= 4 is 23.0 Å². The third kappa shape index (κ3) is 4.71. The summed E-state index contributed by atoms with van der Waals surface area (Å²) >= 11 is 0. The van der Waals surface area contributed by atoms with Crippen molar-refractivity contribution in [3.8, 4) is 0 Å². The normalized spacial score (nSPS) is 14.5. The van der Waals surface area contributed by atoms with Gasteiger partial charge in [-0.05, 0) is 42.8 Å². The maximum atomic E-state index is 13.2.